The van der Waals surface area contributed by atoms with E-state index >= 15 is 0 Å². The SMILES string of the molecule is CN1C(=O)NC(=O)C2(Cc3cc([N+](=O)[O-])ccc3N3CC(c4ccccc4)CC32)C1=O. The predicted molar refractivity (Wildman–Crippen MR) is 110 cm³/mol. The molecule has 3 heterocycles. The zero-order valence-electron chi connectivity index (χ0n) is 16.8. The summed E-state index contributed by atoms with van der Waals surface area (Å²) in [5.74, 6) is -1.13. The van der Waals surface area contributed by atoms with Gasteiger partial charge in [0.1, 0.15) is 0 Å². The first-order valence-electron chi connectivity index (χ1n) is 10.1. The third-order valence-corrected chi connectivity index (χ3v) is 6.81. The van der Waals surface area contributed by atoms with Crippen molar-refractivity contribution in [2.24, 2.45) is 5.41 Å². The Morgan fingerprint density at radius 2 is 1.87 bits per heavy atom. The molecule has 1 spiro atoms. The number of nitro groups is 1. The summed E-state index contributed by atoms with van der Waals surface area (Å²) < 4.78 is 0. The number of nitrogens with one attached hydrogen (secondary N) is 1. The van der Waals surface area contributed by atoms with E-state index in [4.69, 9.17) is 0 Å². The molecule has 0 aromatic heterocycles. The maximum Gasteiger partial charge on any atom is 0.330 e. The Morgan fingerprint density at radius 1 is 1.13 bits per heavy atom. The van der Waals surface area contributed by atoms with Crippen molar-refractivity contribution in [2.75, 3.05) is 18.5 Å². The van der Waals surface area contributed by atoms with Crippen LogP contribution in [0.4, 0.5) is 16.2 Å². The number of hydrogen-bond acceptors (Lipinski definition) is 6. The van der Waals surface area contributed by atoms with E-state index in [1.165, 1.54) is 19.2 Å². The number of carbonyl (C=O) groups is 3. The summed E-state index contributed by atoms with van der Waals surface area (Å²) in [5, 5.41) is 13.7. The highest BCUT2D eigenvalue weighted by Crippen LogP contribution is 2.51. The van der Waals surface area contributed by atoms with Gasteiger partial charge < -0.3 is 4.90 Å². The van der Waals surface area contributed by atoms with E-state index in [0.717, 1.165) is 16.2 Å². The van der Waals surface area contributed by atoms with Gasteiger partial charge in [-0.1, -0.05) is 30.3 Å². The van der Waals surface area contributed by atoms with Gasteiger partial charge in [-0.15, -0.1) is 0 Å². The molecule has 9 nitrogen and oxygen atoms in total. The monoisotopic (exact) mass is 420 g/mol. The molecule has 9 heteroatoms. The van der Waals surface area contributed by atoms with Crippen LogP contribution in [0, 0.1) is 15.5 Å². The molecule has 0 radical (unpaired) electrons. The van der Waals surface area contributed by atoms with E-state index in [-0.39, 0.29) is 18.0 Å². The van der Waals surface area contributed by atoms with Crippen molar-refractivity contribution in [1.82, 2.24) is 10.2 Å². The Labute approximate surface area is 177 Å². The lowest BCUT2D eigenvalue weighted by Gasteiger charge is -2.48. The number of rotatable bonds is 2. The number of carbonyl (C=O) groups excluding carboxylic acids is 3. The molecule has 0 bridgehead atoms. The van der Waals surface area contributed by atoms with Crippen LogP contribution in [0.5, 0.6) is 0 Å². The molecule has 4 amide bonds. The molecule has 5 rings (SSSR count). The van der Waals surface area contributed by atoms with Crippen LogP contribution < -0.4 is 10.2 Å². The van der Waals surface area contributed by atoms with E-state index in [1.807, 2.05) is 35.2 Å². The van der Waals surface area contributed by atoms with Crippen molar-refractivity contribution in [3.05, 3.63) is 69.8 Å². The third-order valence-electron chi connectivity index (χ3n) is 6.81. The highest BCUT2D eigenvalue weighted by atomic mass is 16.6. The Morgan fingerprint density at radius 3 is 2.58 bits per heavy atom. The van der Waals surface area contributed by atoms with Crippen molar-refractivity contribution in [1.29, 1.82) is 0 Å². The van der Waals surface area contributed by atoms with Gasteiger partial charge in [-0.2, -0.15) is 0 Å². The van der Waals surface area contributed by atoms with Crippen molar-refractivity contribution in [3.63, 3.8) is 0 Å². The first-order valence-corrected chi connectivity index (χ1v) is 10.1. The van der Waals surface area contributed by atoms with Crippen LogP contribution in [0.1, 0.15) is 23.5 Å². The average Bonchev–Trinajstić information content (AvgIpc) is 3.22. The number of urea groups is 1. The largest absolute Gasteiger partial charge is 0.366 e. The minimum absolute atomic E-state index is 0.00891. The van der Waals surface area contributed by atoms with Gasteiger partial charge >= 0.3 is 6.03 Å². The molecule has 0 saturated carbocycles. The van der Waals surface area contributed by atoms with Gasteiger partial charge in [0.05, 0.1) is 11.0 Å². The molecule has 0 aliphatic carbocycles. The number of imide groups is 2. The van der Waals surface area contributed by atoms with Crippen molar-refractivity contribution >= 4 is 29.2 Å². The van der Waals surface area contributed by atoms with Crippen LogP contribution in [0.2, 0.25) is 0 Å². The number of benzene rings is 2. The van der Waals surface area contributed by atoms with Gasteiger partial charge in [0.15, 0.2) is 5.41 Å². The molecule has 31 heavy (non-hydrogen) atoms. The number of anilines is 1. The van der Waals surface area contributed by atoms with Crippen LogP contribution in [-0.4, -0.2) is 47.3 Å². The summed E-state index contributed by atoms with van der Waals surface area (Å²) in [6, 6.07) is 13.2. The number of amides is 4. The van der Waals surface area contributed by atoms with Crippen LogP contribution in [0.25, 0.3) is 0 Å². The van der Waals surface area contributed by atoms with Crippen molar-refractivity contribution < 1.29 is 19.3 Å². The van der Waals surface area contributed by atoms with Crippen LogP contribution >= 0.6 is 0 Å². The molecule has 2 aromatic carbocycles. The Balaban J connectivity index is 1.67. The zero-order valence-corrected chi connectivity index (χ0v) is 16.8. The minimum atomic E-state index is -1.52. The van der Waals surface area contributed by atoms with E-state index in [9.17, 15) is 24.5 Å². The summed E-state index contributed by atoms with van der Waals surface area (Å²) in [7, 11) is 1.35. The highest BCUT2D eigenvalue weighted by Gasteiger charge is 2.63. The molecule has 3 aliphatic rings. The summed E-state index contributed by atoms with van der Waals surface area (Å²) in [6.45, 7) is 0.569. The third kappa shape index (κ3) is 2.66. The standard InChI is InChI=1S/C22H20N4O5/c1-24-20(28)22(19(27)23-21(24)29)11-14-9-16(26(30)31)7-8-17(14)25-12-15(10-18(22)25)13-5-3-2-4-6-13/h2-9,15,18H,10-12H2,1H3,(H,23,27,29). The second kappa shape index (κ2) is 6.63. The number of barbiturate groups is 1. The molecule has 3 unspecified atom stereocenters. The molecule has 2 aromatic rings. The summed E-state index contributed by atoms with van der Waals surface area (Å²) in [4.78, 5) is 52.5. The van der Waals surface area contributed by atoms with Gasteiger partial charge in [-0.05, 0) is 23.6 Å². The molecular weight excluding hydrogens is 400 g/mol. The number of nitrogens with zero attached hydrogens (tertiary/aromatic N) is 3. The Kier molecular flexibility index (Phi) is 4.11. The maximum atomic E-state index is 13.4. The van der Waals surface area contributed by atoms with Crippen molar-refractivity contribution in [2.45, 2.75) is 24.8 Å². The fraction of sp³-hybridized carbons (Fsp3) is 0.318. The smallest absolute Gasteiger partial charge is 0.330 e. The van der Waals surface area contributed by atoms with Gasteiger partial charge in [0.2, 0.25) is 11.8 Å². The second-order valence-corrected chi connectivity index (χ2v) is 8.35. The molecule has 2 saturated heterocycles. The lowest BCUT2D eigenvalue weighted by molar-refractivity contribution is -0.384. The number of nitro benzene ring substituents is 1. The van der Waals surface area contributed by atoms with E-state index in [2.05, 4.69) is 5.32 Å². The lowest BCUT2D eigenvalue weighted by Crippen LogP contribution is -2.70. The first-order chi connectivity index (χ1) is 14.8. The number of hydrogen-bond donors (Lipinski definition) is 1. The quantitative estimate of drug-likeness (QED) is 0.453. The van der Waals surface area contributed by atoms with E-state index < -0.39 is 34.2 Å². The van der Waals surface area contributed by atoms with Crippen molar-refractivity contribution in [3.8, 4) is 0 Å². The van der Waals surface area contributed by atoms with Crippen LogP contribution in [0.15, 0.2) is 48.5 Å². The fourth-order valence-corrected chi connectivity index (χ4v) is 5.29. The molecule has 1 N–H and O–H groups in total. The maximum absolute atomic E-state index is 13.4. The van der Waals surface area contributed by atoms with E-state index in [1.54, 1.807) is 6.07 Å². The summed E-state index contributed by atoms with van der Waals surface area (Å²) >= 11 is 0. The fourth-order valence-electron chi connectivity index (χ4n) is 5.29. The van der Waals surface area contributed by atoms with E-state index in [0.29, 0.717) is 18.5 Å². The molecule has 2 fully saturated rings. The van der Waals surface area contributed by atoms with Gasteiger partial charge in [0.25, 0.3) is 5.69 Å². The summed E-state index contributed by atoms with van der Waals surface area (Å²) in [6.07, 6.45) is 0.566. The van der Waals surface area contributed by atoms with Crippen LogP contribution in [-0.2, 0) is 16.0 Å². The van der Waals surface area contributed by atoms with Gasteiger partial charge in [-0.25, -0.2) is 4.79 Å². The predicted octanol–water partition coefficient (Wildman–Crippen LogP) is 2.21. The highest BCUT2D eigenvalue weighted by molar-refractivity contribution is 6.20. The zero-order chi connectivity index (χ0) is 21.9. The minimum Gasteiger partial charge on any atom is -0.366 e. The topological polar surface area (TPSA) is 113 Å². The lowest BCUT2D eigenvalue weighted by atomic mass is 9.68. The summed E-state index contributed by atoms with van der Waals surface area (Å²) in [5.41, 5.74) is 0.835. The average molecular weight is 420 g/mol. The molecule has 3 atom stereocenters. The van der Waals surface area contributed by atoms with Gasteiger partial charge in [-0.3, -0.25) is 29.9 Å². The molecular formula is C22H20N4O5. The number of fused-ring (bicyclic) bond motifs is 4. The molecule has 3 aliphatic heterocycles. The van der Waals surface area contributed by atoms with Gasteiger partial charge in [0, 0.05) is 43.8 Å². The molecule has 158 valence electrons. The Hall–Kier alpha value is -3.75. The second-order valence-electron chi connectivity index (χ2n) is 8.35. The Bertz CT molecular complexity index is 1130. The number of non-ortho nitro benzene ring substituents is 1. The normalized spacial score (nSPS) is 27.2. The van der Waals surface area contributed by atoms with Crippen LogP contribution in [0.3, 0.4) is 0 Å². The first kappa shape index (κ1) is 19.2.